The van der Waals surface area contributed by atoms with Crippen molar-refractivity contribution in [2.24, 2.45) is 0 Å². The van der Waals surface area contributed by atoms with Crippen molar-refractivity contribution in [1.82, 2.24) is 4.57 Å². The molecule has 0 aliphatic heterocycles. The minimum atomic E-state index is -0.683. The van der Waals surface area contributed by atoms with Gasteiger partial charge in [0.05, 0.1) is 0 Å². The van der Waals surface area contributed by atoms with Gasteiger partial charge in [0.15, 0.2) is 0 Å². The number of aromatic nitrogens is 1. The topological polar surface area (TPSA) is 42.2 Å². The maximum atomic E-state index is 10.8. The lowest BCUT2D eigenvalue weighted by atomic mass is 10.00. The summed E-state index contributed by atoms with van der Waals surface area (Å²) in [6.07, 6.45) is 11.6. The summed E-state index contributed by atoms with van der Waals surface area (Å²) in [4.78, 5) is 10.8. The van der Waals surface area contributed by atoms with Crippen LogP contribution in [0.15, 0.2) is 54.6 Å². The molecule has 0 aliphatic carbocycles. The Kier molecular flexibility index (Phi) is 9.20. The van der Waals surface area contributed by atoms with Gasteiger partial charge in [0.25, 0.3) is 0 Å². The lowest BCUT2D eigenvalue weighted by Crippen LogP contribution is -2.06. The van der Waals surface area contributed by atoms with Crippen LogP contribution in [0.4, 0.5) is 0 Å². The molecule has 0 unspecified atom stereocenters. The molecule has 3 heteroatoms. The predicted octanol–water partition coefficient (Wildman–Crippen LogP) is 7.39. The number of para-hydroxylation sites is 1. The number of nitrogens with zero attached hydrogens (tertiary/aromatic N) is 1. The fourth-order valence-electron chi connectivity index (χ4n) is 4.59. The van der Waals surface area contributed by atoms with E-state index in [1.165, 1.54) is 53.4 Å². The average Bonchev–Trinajstić information content (AvgIpc) is 3.07. The van der Waals surface area contributed by atoms with E-state index in [-0.39, 0.29) is 6.42 Å². The van der Waals surface area contributed by atoms with Crippen LogP contribution < -0.4 is 0 Å². The van der Waals surface area contributed by atoms with Crippen LogP contribution in [-0.2, 0) is 24.2 Å². The number of carboxylic acid groups (broad SMARTS) is 1. The number of hydrogen-bond donors (Lipinski definition) is 1. The number of carbonyl (C=O) groups is 1. The van der Waals surface area contributed by atoms with Crippen LogP contribution >= 0.6 is 0 Å². The standard InChI is InChI=1S/C28H37NO2/c1-2-3-4-10-17-24-25-18-13-14-20-27(25)29(22-23-15-8-7-9-16-23)26(24)19-11-5-6-12-21-28(30)31/h7-9,13-16,18,20H,2-6,10-12,17,19,21-22H2,1H3,(H,30,31). The van der Waals surface area contributed by atoms with Crippen LogP contribution in [-0.4, -0.2) is 15.6 Å². The molecule has 0 bridgehead atoms. The lowest BCUT2D eigenvalue weighted by Gasteiger charge is -2.13. The van der Waals surface area contributed by atoms with Crippen molar-refractivity contribution < 1.29 is 9.90 Å². The van der Waals surface area contributed by atoms with Crippen molar-refractivity contribution in [3.8, 4) is 0 Å². The molecular formula is C28H37NO2. The molecule has 1 aromatic heterocycles. The normalized spacial score (nSPS) is 11.3. The van der Waals surface area contributed by atoms with Crippen LogP contribution in [0.2, 0.25) is 0 Å². The van der Waals surface area contributed by atoms with Crippen LogP contribution in [0.5, 0.6) is 0 Å². The summed E-state index contributed by atoms with van der Waals surface area (Å²) in [6, 6.07) is 19.6. The smallest absolute Gasteiger partial charge is 0.303 e. The second-order valence-corrected chi connectivity index (χ2v) is 8.63. The number of aliphatic carboxylic acids is 1. The molecule has 0 radical (unpaired) electrons. The molecule has 0 aliphatic rings. The highest BCUT2D eigenvalue weighted by atomic mass is 16.4. The third kappa shape index (κ3) is 6.72. The molecular weight excluding hydrogens is 382 g/mol. The Morgan fingerprint density at radius 2 is 1.48 bits per heavy atom. The van der Waals surface area contributed by atoms with E-state index in [4.69, 9.17) is 5.11 Å². The molecule has 31 heavy (non-hydrogen) atoms. The highest BCUT2D eigenvalue weighted by Crippen LogP contribution is 2.30. The monoisotopic (exact) mass is 419 g/mol. The van der Waals surface area contributed by atoms with Gasteiger partial charge in [-0.2, -0.15) is 0 Å². The maximum absolute atomic E-state index is 10.8. The van der Waals surface area contributed by atoms with Gasteiger partial charge >= 0.3 is 5.97 Å². The van der Waals surface area contributed by atoms with E-state index in [9.17, 15) is 4.79 Å². The zero-order valence-electron chi connectivity index (χ0n) is 19.0. The summed E-state index contributed by atoms with van der Waals surface area (Å²) in [5, 5.41) is 10.3. The summed E-state index contributed by atoms with van der Waals surface area (Å²) in [6.45, 7) is 3.17. The van der Waals surface area contributed by atoms with Gasteiger partial charge in [-0.1, -0.05) is 87.6 Å². The Bertz CT molecular complexity index is 942. The Hall–Kier alpha value is -2.55. The molecule has 166 valence electrons. The SMILES string of the molecule is CCCCCCc1c(CCCCCCC(=O)O)n(Cc2ccccc2)c2ccccc12. The van der Waals surface area contributed by atoms with Gasteiger partial charge in [0.1, 0.15) is 0 Å². The van der Waals surface area contributed by atoms with Crippen molar-refractivity contribution in [3.63, 3.8) is 0 Å². The van der Waals surface area contributed by atoms with Crippen LogP contribution in [0.3, 0.4) is 0 Å². The minimum absolute atomic E-state index is 0.289. The largest absolute Gasteiger partial charge is 0.481 e. The molecule has 1 heterocycles. The first-order valence-electron chi connectivity index (χ1n) is 12.1. The molecule has 0 fully saturated rings. The molecule has 0 saturated heterocycles. The van der Waals surface area contributed by atoms with E-state index in [1.54, 1.807) is 0 Å². The molecule has 0 atom stereocenters. The fourth-order valence-corrected chi connectivity index (χ4v) is 4.59. The highest BCUT2D eigenvalue weighted by Gasteiger charge is 2.16. The fraction of sp³-hybridized carbons (Fsp3) is 0.464. The summed E-state index contributed by atoms with van der Waals surface area (Å²) in [7, 11) is 0. The molecule has 0 spiro atoms. The van der Waals surface area contributed by atoms with E-state index >= 15 is 0 Å². The highest BCUT2D eigenvalue weighted by molar-refractivity contribution is 5.85. The van der Waals surface area contributed by atoms with Crippen molar-refractivity contribution in [2.45, 2.75) is 84.1 Å². The molecule has 0 amide bonds. The first-order chi connectivity index (χ1) is 15.2. The van der Waals surface area contributed by atoms with Gasteiger partial charge < -0.3 is 9.67 Å². The summed E-state index contributed by atoms with van der Waals surface area (Å²) in [5.41, 5.74) is 5.70. The van der Waals surface area contributed by atoms with Crippen molar-refractivity contribution in [1.29, 1.82) is 0 Å². The Labute approximate surface area is 187 Å². The number of rotatable bonds is 14. The first-order valence-corrected chi connectivity index (χ1v) is 12.1. The molecule has 3 rings (SSSR count). The first kappa shape index (κ1) is 23.1. The third-order valence-electron chi connectivity index (χ3n) is 6.21. The second-order valence-electron chi connectivity index (χ2n) is 8.63. The summed E-state index contributed by atoms with van der Waals surface area (Å²) in [5.74, 6) is -0.683. The van der Waals surface area contributed by atoms with Gasteiger partial charge in [-0.15, -0.1) is 0 Å². The summed E-state index contributed by atoms with van der Waals surface area (Å²) >= 11 is 0. The quantitative estimate of drug-likeness (QED) is 0.277. The van der Waals surface area contributed by atoms with Gasteiger partial charge in [0.2, 0.25) is 0 Å². The molecule has 3 nitrogen and oxygen atoms in total. The van der Waals surface area contributed by atoms with Crippen LogP contribution in [0.25, 0.3) is 10.9 Å². The summed E-state index contributed by atoms with van der Waals surface area (Å²) < 4.78 is 2.54. The van der Waals surface area contributed by atoms with Crippen LogP contribution in [0.1, 0.15) is 81.5 Å². The Balaban J connectivity index is 1.83. The van der Waals surface area contributed by atoms with E-state index in [2.05, 4.69) is 66.1 Å². The number of benzene rings is 2. The number of carboxylic acids is 1. The van der Waals surface area contributed by atoms with Crippen molar-refractivity contribution in [3.05, 3.63) is 71.4 Å². The maximum Gasteiger partial charge on any atom is 0.303 e. The minimum Gasteiger partial charge on any atom is -0.481 e. The zero-order valence-corrected chi connectivity index (χ0v) is 19.0. The van der Waals surface area contributed by atoms with E-state index in [1.807, 2.05) is 0 Å². The number of unbranched alkanes of at least 4 members (excludes halogenated alkanes) is 6. The second kappa shape index (κ2) is 12.3. The number of hydrogen-bond acceptors (Lipinski definition) is 1. The molecule has 3 aromatic rings. The third-order valence-corrected chi connectivity index (χ3v) is 6.21. The Morgan fingerprint density at radius 1 is 0.806 bits per heavy atom. The van der Waals surface area contributed by atoms with E-state index in [0.717, 1.165) is 45.1 Å². The van der Waals surface area contributed by atoms with Gasteiger partial charge in [-0.05, 0) is 49.3 Å². The number of aryl methyl sites for hydroxylation is 1. The van der Waals surface area contributed by atoms with E-state index in [0.29, 0.717) is 0 Å². The lowest BCUT2D eigenvalue weighted by molar-refractivity contribution is -0.137. The molecule has 1 N–H and O–H groups in total. The zero-order chi connectivity index (χ0) is 21.9. The molecule has 2 aromatic carbocycles. The van der Waals surface area contributed by atoms with E-state index < -0.39 is 5.97 Å². The molecule has 0 saturated carbocycles. The predicted molar refractivity (Wildman–Crippen MR) is 130 cm³/mol. The average molecular weight is 420 g/mol. The van der Waals surface area contributed by atoms with Gasteiger partial charge in [-0.25, -0.2) is 0 Å². The van der Waals surface area contributed by atoms with Gasteiger partial charge in [0, 0.05) is 29.6 Å². The van der Waals surface area contributed by atoms with Crippen LogP contribution in [0, 0.1) is 0 Å². The van der Waals surface area contributed by atoms with Crippen molar-refractivity contribution >= 4 is 16.9 Å². The van der Waals surface area contributed by atoms with Crippen molar-refractivity contribution in [2.75, 3.05) is 0 Å². The number of fused-ring (bicyclic) bond motifs is 1. The Morgan fingerprint density at radius 3 is 2.26 bits per heavy atom. The van der Waals surface area contributed by atoms with Gasteiger partial charge in [-0.3, -0.25) is 4.79 Å².